The number of nitrogens with two attached hydrogens (primary N) is 1. The maximum atomic E-state index is 11.0. The van der Waals surface area contributed by atoms with Crippen LogP contribution in [-0.2, 0) is 4.79 Å². The average molecular weight is 156 g/mol. The Bertz CT molecular complexity index is 185. The zero-order valence-electron chi connectivity index (χ0n) is 6.66. The van der Waals surface area contributed by atoms with Gasteiger partial charge in [0.15, 0.2) is 0 Å². The summed E-state index contributed by atoms with van der Waals surface area (Å²) in [6.07, 6.45) is 0.0834. The minimum absolute atomic E-state index is 0.00917. The maximum Gasteiger partial charge on any atom is 0.142 e. The first kappa shape index (κ1) is 9.74. The van der Waals surface area contributed by atoms with Crippen LogP contribution in [0.25, 0.3) is 0 Å². The lowest BCUT2D eigenvalue weighted by Crippen LogP contribution is -2.19. The van der Waals surface area contributed by atoms with E-state index < -0.39 is 0 Å². The van der Waals surface area contributed by atoms with Crippen LogP contribution >= 0.6 is 0 Å². The molecule has 0 amide bonds. The Kier molecular flexibility index (Phi) is 4.02. The molecule has 0 saturated heterocycles. The second-order valence-electron chi connectivity index (χ2n) is 2.49. The molecule has 3 N–H and O–H groups in total. The van der Waals surface area contributed by atoms with Crippen LogP contribution in [0, 0.1) is 11.4 Å². The summed E-state index contributed by atoms with van der Waals surface area (Å²) >= 11 is 0. The number of carbonyl (C=O) groups excluding carboxylic acids is 1. The van der Waals surface area contributed by atoms with Crippen LogP contribution in [0.2, 0.25) is 0 Å². The third-order valence-electron chi connectivity index (χ3n) is 1.18. The molecule has 5 nitrogen and oxygen atoms in total. The fourth-order valence-electron chi connectivity index (χ4n) is 0.482. The lowest BCUT2D eigenvalue weighted by Gasteiger charge is -2.00. The topological polar surface area (TPSA) is 91.7 Å². The summed E-state index contributed by atoms with van der Waals surface area (Å²) in [5, 5.41) is 5.92. The number of nitrogens with one attached hydrogen (secondary N) is 1. The largest absolute Gasteiger partial charge is 0.385 e. The number of hydrogen-bond acceptors (Lipinski definition) is 3. The second kappa shape index (κ2) is 4.54. The summed E-state index contributed by atoms with van der Waals surface area (Å²) in [5.41, 5.74) is 11.6. The first-order valence-electron chi connectivity index (χ1n) is 3.29. The van der Waals surface area contributed by atoms with Crippen molar-refractivity contribution in [1.82, 2.24) is 0 Å². The molecule has 11 heavy (non-hydrogen) atoms. The van der Waals surface area contributed by atoms with E-state index in [2.05, 4.69) is 10.3 Å². The highest BCUT2D eigenvalue weighted by molar-refractivity contribution is 6.00. The van der Waals surface area contributed by atoms with Gasteiger partial charge in [-0.25, -0.2) is 0 Å². The van der Waals surface area contributed by atoms with E-state index >= 15 is 0 Å². The fraction of sp³-hybridized carbons (Fsp3) is 0.667. The average Bonchev–Trinajstić information content (AvgIpc) is 1.87. The van der Waals surface area contributed by atoms with Crippen LogP contribution in [0.1, 0.15) is 20.3 Å². The summed E-state index contributed by atoms with van der Waals surface area (Å²) in [7, 11) is 0. The molecular weight excluding hydrogens is 144 g/mol. The zero-order chi connectivity index (χ0) is 8.85. The Morgan fingerprint density at radius 1 is 1.64 bits per heavy atom. The quantitative estimate of drug-likeness (QED) is 0.274. The number of nitrogens with zero attached hydrogens (tertiary/aromatic N) is 2. The molecule has 0 saturated carbocycles. The van der Waals surface area contributed by atoms with Crippen LogP contribution in [0.4, 0.5) is 0 Å². The van der Waals surface area contributed by atoms with E-state index in [0.29, 0.717) is 0 Å². The van der Waals surface area contributed by atoms with E-state index in [1.165, 1.54) is 0 Å². The van der Waals surface area contributed by atoms with Gasteiger partial charge in [0.1, 0.15) is 11.6 Å². The summed E-state index contributed by atoms with van der Waals surface area (Å²) in [6.45, 7) is 3.57. The number of amidine groups is 1. The zero-order valence-corrected chi connectivity index (χ0v) is 6.66. The molecule has 0 unspecified atom stereocenters. The van der Waals surface area contributed by atoms with Crippen molar-refractivity contribution in [1.29, 1.82) is 5.53 Å². The molecule has 0 heterocycles. The molecule has 0 fully saturated rings. The van der Waals surface area contributed by atoms with Crippen LogP contribution in [0.15, 0.2) is 10.3 Å². The van der Waals surface area contributed by atoms with E-state index in [1.807, 2.05) is 0 Å². The highest BCUT2D eigenvalue weighted by Crippen LogP contribution is 1.98. The fourth-order valence-corrected chi connectivity index (χ4v) is 0.482. The highest BCUT2D eigenvalue weighted by Gasteiger charge is 2.08. The smallest absolute Gasteiger partial charge is 0.142 e. The molecule has 0 bridgehead atoms. The lowest BCUT2D eigenvalue weighted by molar-refractivity contribution is -0.120. The molecule has 0 aliphatic carbocycles. The Morgan fingerprint density at radius 2 is 2.18 bits per heavy atom. The van der Waals surface area contributed by atoms with Crippen molar-refractivity contribution in [2.75, 3.05) is 0 Å². The van der Waals surface area contributed by atoms with Gasteiger partial charge < -0.3 is 5.73 Å². The van der Waals surface area contributed by atoms with E-state index in [0.717, 1.165) is 0 Å². The van der Waals surface area contributed by atoms with Crippen molar-refractivity contribution >= 4 is 11.6 Å². The van der Waals surface area contributed by atoms with E-state index in [4.69, 9.17) is 11.3 Å². The van der Waals surface area contributed by atoms with Gasteiger partial charge in [-0.1, -0.05) is 19.1 Å². The van der Waals surface area contributed by atoms with Gasteiger partial charge in [0.2, 0.25) is 0 Å². The molecule has 0 aromatic heterocycles. The van der Waals surface area contributed by atoms with Crippen molar-refractivity contribution < 1.29 is 4.79 Å². The van der Waals surface area contributed by atoms with Crippen LogP contribution in [-0.4, -0.2) is 11.6 Å². The van der Waals surface area contributed by atoms with Crippen molar-refractivity contribution in [2.45, 2.75) is 20.3 Å². The molecule has 0 aliphatic rings. The first-order chi connectivity index (χ1) is 5.07. The predicted octanol–water partition coefficient (Wildman–Crippen LogP) is 0.905. The minimum Gasteiger partial charge on any atom is -0.385 e. The third-order valence-corrected chi connectivity index (χ3v) is 1.18. The van der Waals surface area contributed by atoms with E-state index in [-0.39, 0.29) is 24.0 Å². The van der Waals surface area contributed by atoms with Crippen molar-refractivity contribution in [3.05, 3.63) is 0 Å². The van der Waals surface area contributed by atoms with Gasteiger partial charge in [-0.2, -0.15) is 5.53 Å². The Balaban J connectivity index is 3.95. The molecule has 0 aromatic carbocycles. The maximum absolute atomic E-state index is 11.0. The molecule has 0 spiro atoms. The first-order valence-corrected chi connectivity index (χ1v) is 3.29. The van der Waals surface area contributed by atoms with Crippen LogP contribution in [0.5, 0.6) is 0 Å². The summed E-state index contributed by atoms with van der Waals surface area (Å²) < 4.78 is 0. The number of rotatable bonds is 4. The SMILES string of the molecule is CC(C)C(=O)CC(N)=NN=N. The van der Waals surface area contributed by atoms with Gasteiger partial charge in [-0.05, 0) is 0 Å². The number of hydrogen-bond donors (Lipinski definition) is 2. The van der Waals surface area contributed by atoms with Crippen LogP contribution in [0.3, 0.4) is 0 Å². The molecule has 0 aromatic rings. The number of ketones is 1. The van der Waals surface area contributed by atoms with Crippen molar-refractivity contribution in [2.24, 2.45) is 22.0 Å². The molecule has 0 radical (unpaired) electrons. The van der Waals surface area contributed by atoms with Gasteiger partial charge >= 0.3 is 0 Å². The molecule has 0 atom stereocenters. The normalized spacial score (nSPS) is 11.7. The summed E-state index contributed by atoms with van der Waals surface area (Å²) in [6, 6.07) is 0. The second-order valence-corrected chi connectivity index (χ2v) is 2.49. The Hall–Kier alpha value is -1.26. The van der Waals surface area contributed by atoms with Gasteiger partial charge in [0.25, 0.3) is 0 Å². The molecule has 62 valence electrons. The minimum atomic E-state index is -0.0468. The molecular formula is C6H12N4O. The Morgan fingerprint density at radius 3 is 2.55 bits per heavy atom. The Labute approximate surface area is 65.2 Å². The van der Waals surface area contributed by atoms with Gasteiger partial charge in [-0.15, -0.1) is 5.10 Å². The summed E-state index contributed by atoms with van der Waals surface area (Å²) in [4.78, 5) is 11.0. The van der Waals surface area contributed by atoms with Gasteiger partial charge in [-0.3, -0.25) is 4.79 Å². The van der Waals surface area contributed by atoms with Crippen molar-refractivity contribution in [3.8, 4) is 0 Å². The molecule has 0 rings (SSSR count). The van der Waals surface area contributed by atoms with Crippen molar-refractivity contribution in [3.63, 3.8) is 0 Å². The summed E-state index contributed by atoms with van der Waals surface area (Å²) in [5.74, 6) is 0.0584. The van der Waals surface area contributed by atoms with E-state index in [1.54, 1.807) is 13.8 Å². The molecule has 5 heteroatoms. The number of Topliss-reactive ketones (excluding diaryl/α,β-unsaturated/α-hetero) is 1. The lowest BCUT2D eigenvalue weighted by atomic mass is 10.1. The predicted molar refractivity (Wildman–Crippen MR) is 41.2 cm³/mol. The highest BCUT2D eigenvalue weighted by atomic mass is 16.1. The van der Waals surface area contributed by atoms with Gasteiger partial charge in [0, 0.05) is 5.92 Å². The van der Waals surface area contributed by atoms with Gasteiger partial charge in [0.05, 0.1) is 6.42 Å². The third kappa shape index (κ3) is 4.19. The molecule has 0 aliphatic heterocycles. The standard InChI is InChI=1S/C6H12N4O/c1-4(2)5(11)3-6(7)9-10-8/h4H,3H2,1-2H3,(H3,7,8,9). The monoisotopic (exact) mass is 156 g/mol. The number of carbonyl (C=O) groups is 1. The van der Waals surface area contributed by atoms with E-state index in [9.17, 15) is 4.79 Å². The van der Waals surface area contributed by atoms with Crippen LogP contribution < -0.4 is 5.73 Å².